The average molecular weight is 279 g/mol. The summed E-state index contributed by atoms with van der Waals surface area (Å²) in [4.78, 5) is 14.7. The molecule has 0 aliphatic rings. The van der Waals surface area contributed by atoms with Crippen LogP contribution in [0.4, 0.5) is 10.8 Å². The van der Waals surface area contributed by atoms with E-state index >= 15 is 0 Å². The smallest absolute Gasteiger partial charge is 0.248 e. The molecule has 2 aromatic heterocycles. The lowest BCUT2D eigenvalue weighted by atomic mass is 10.1. The van der Waals surface area contributed by atoms with Crippen molar-refractivity contribution >= 4 is 28.3 Å². The topological polar surface area (TPSA) is 127 Å². The van der Waals surface area contributed by atoms with Crippen LogP contribution in [0.5, 0.6) is 0 Å². The summed E-state index contributed by atoms with van der Waals surface area (Å²) in [6.45, 7) is 0.00898. The molecule has 0 aliphatic heterocycles. The van der Waals surface area contributed by atoms with Crippen molar-refractivity contribution in [1.29, 1.82) is 0 Å². The summed E-state index contributed by atoms with van der Waals surface area (Å²) < 4.78 is 4.05. The number of aromatic nitrogens is 2. The van der Waals surface area contributed by atoms with Crippen LogP contribution in [0.3, 0.4) is 0 Å². The minimum Gasteiger partial charge on any atom is -0.382 e. The van der Waals surface area contributed by atoms with Gasteiger partial charge in [0.1, 0.15) is 16.9 Å². The van der Waals surface area contributed by atoms with Crippen LogP contribution in [-0.2, 0) is 4.79 Å². The quantitative estimate of drug-likeness (QED) is 0.612. The molecule has 1 amide bonds. The van der Waals surface area contributed by atoms with Crippen LogP contribution in [0.2, 0.25) is 0 Å². The summed E-state index contributed by atoms with van der Waals surface area (Å²) >= 11 is 1.15. The molecular formula is C11H13N5O2S. The fraction of sp³-hybridized carbons (Fsp3) is 0.182. The standard InChI is InChI=1S/C11H13N5O2S/c12-9-8(6-1-3-14-4-2-6)11(19-16-9)15-5-7(17)10(13)18/h1-4,7,15,17H,5H2,(H2,12,16)(H2,13,18). The zero-order valence-electron chi connectivity index (χ0n) is 9.91. The van der Waals surface area contributed by atoms with E-state index in [4.69, 9.17) is 11.5 Å². The molecule has 0 radical (unpaired) electrons. The van der Waals surface area contributed by atoms with Crippen molar-refractivity contribution < 1.29 is 9.90 Å². The number of anilines is 2. The molecule has 0 saturated carbocycles. The molecule has 8 heteroatoms. The van der Waals surface area contributed by atoms with Gasteiger partial charge in [-0.15, -0.1) is 0 Å². The third-order valence-corrected chi connectivity index (χ3v) is 3.29. The molecular weight excluding hydrogens is 266 g/mol. The summed E-state index contributed by atoms with van der Waals surface area (Å²) in [7, 11) is 0. The SMILES string of the molecule is NC(=O)C(O)CNc1snc(N)c1-c1ccncc1. The van der Waals surface area contributed by atoms with Gasteiger partial charge in [0.2, 0.25) is 5.91 Å². The number of nitrogens with two attached hydrogens (primary N) is 2. The Morgan fingerprint density at radius 1 is 1.47 bits per heavy atom. The maximum Gasteiger partial charge on any atom is 0.248 e. The maximum atomic E-state index is 10.8. The molecule has 0 spiro atoms. The van der Waals surface area contributed by atoms with E-state index < -0.39 is 12.0 Å². The highest BCUT2D eigenvalue weighted by Gasteiger charge is 2.16. The molecule has 1 unspecified atom stereocenters. The Morgan fingerprint density at radius 3 is 2.79 bits per heavy atom. The number of nitrogens with zero attached hydrogens (tertiary/aromatic N) is 2. The van der Waals surface area contributed by atoms with Gasteiger partial charge < -0.3 is 21.9 Å². The first-order chi connectivity index (χ1) is 9.09. The fourth-order valence-electron chi connectivity index (χ4n) is 1.51. The first kappa shape index (κ1) is 13.2. The number of carbonyl (C=O) groups excluding carboxylic acids is 1. The van der Waals surface area contributed by atoms with Crippen LogP contribution in [0.1, 0.15) is 0 Å². The van der Waals surface area contributed by atoms with Gasteiger partial charge in [0.25, 0.3) is 0 Å². The van der Waals surface area contributed by atoms with E-state index in [1.54, 1.807) is 24.5 Å². The Hall–Kier alpha value is -2.19. The number of aliphatic hydroxyl groups excluding tert-OH is 1. The Bertz CT molecular complexity index is 572. The van der Waals surface area contributed by atoms with E-state index in [-0.39, 0.29) is 6.54 Å². The van der Waals surface area contributed by atoms with Crippen LogP contribution >= 0.6 is 11.5 Å². The van der Waals surface area contributed by atoms with Crippen molar-refractivity contribution in [1.82, 2.24) is 9.36 Å². The number of rotatable bonds is 5. The summed E-state index contributed by atoms with van der Waals surface area (Å²) in [5.74, 6) is -0.400. The fourth-order valence-corrected chi connectivity index (χ4v) is 2.25. The van der Waals surface area contributed by atoms with E-state index in [0.717, 1.165) is 22.7 Å². The van der Waals surface area contributed by atoms with E-state index in [0.29, 0.717) is 10.8 Å². The van der Waals surface area contributed by atoms with Gasteiger partial charge in [0.05, 0.1) is 12.1 Å². The van der Waals surface area contributed by atoms with Gasteiger partial charge in [-0.1, -0.05) is 0 Å². The number of nitrogen functional groups attached to an aromatic ring is 1. The van der Waals surface area contributed by atoms with E-state index in [2.05, 4.69) is 14.7 Å². The first-order valence-electron chi connectivity index (χ1n) is 5.46. The van der Waals surface area contributed by atoms with E-state index in [1.165, 1.54) is 0 Å². The van der Waals surface area contributed by atoms with Gasteiger partial charge >= 0.3 is 0 Å². The molecule has 100 valence electrons. The number of amides is 1. The van der Waals surface area contributed by atoms with Crippen molar-refractivity contribution in [2.24, 2.45) is 5.73 Å². The number of pyridine rings is 1. The Balaban J connectivity index is 2.21. The molecule has 0 aromatic carbocycles. The van der Waals surface area contributed by atoms with E-state index in [1.807, 2.05) is 0 Å². The summed E-state index contributed by atoms with van der Waals surface area (Å²) in [6.07, 6.45) is 2.04. The van der Waals surface area contributed by atoms with Crippen molar-refractivity contribution in [3.63, 3.8) is 0 Å². The Labute approximate surface area is 113 Å². The van der Waals surface area contributed by atoms with Crippen molar-refractivity contribution in [2.45, 2.75) is 6.10 Å². The molecule has 1 atom stereocenters. The highest BCUT2D eigenvalue weighted by Crippen LogP contribution is 2.36. The zero-order valence-corrected chi connectivity index (χ0v) is 10.7. The average Bonchev–Trinajstić information content (AvgIpc) is 2.78. The van der Waals surface area contributed by atoms with Crippen LogP contribution in [-0.4, -0.2) is 33.0 Å². The first-order valence-corrected chi connectivity index (χ1v) is 6.23. The zero-order chi connectivity index (χ0) is 13.8. The van der Waals surface area contributed by atoms with Crippen molar-refractivity contribution in [2.75, 3.05) is 17.6 Å². The molecule has 2 heterocycles. The van der Waals surface area contributed by atoms with E-state index in [9.17, 15) is 9.90 Å². The van der Waals surface area contributed by atoms with Gasteiger partial charge in [-0.2, -0.15) is 4.37 Å². The summed E-state index contributed by atoms with van der Waals surface area (Å²) in [6, 6.07) is 3.60. The molecule has 0 fully saturated rings. The van der Waals surface area contributed by atoms with Gasteiger partial charge in [-0.25, -0.2) is 0 Å². The second kappa shape index (κ2) is 5.63. The highest BCUT2D eigenvalue weighted by atomic mass is 32.1. The monoisotopic (exact) mass is 279 g/mol. The van der Waals surface area contributed by atoms with Crippen LogP contribution in [0.25, 0.3) is 11.1 Å². The van der Waals surface area contributed by atoms with Crippen molar-refractivity contribution in [3.8, 4) is 11.1 Å². The molecule has 0 aliphatic carbocycles. The van der Waals surface area contributed by atoms with Gasteiger partial charge in [-0.05, 0) is 29.2 Å². The highest BCUT2D eigenvalue weighted by molar-refractivity contribution is 7.11. The van der Waals surface area contributed by atoms with Gasteiger partial charge in [0.15, 0.2) is 0 Å². The lowest BCUT2D eigenvalue weighted by Gasteiger charge is -2.09. The number of aliphatic hydroxyl groups is 1. The third-order valence-electron chi connectivity index (χ3n) is 2.47. The molecule has 0 saturated heterocycles. The number of carbonyl (C=O) groups is 1. The van der Waals surface area contributed by atoms with Crippen molar-refractivity contribution in [3.05, 3.63) is 24.5 Å². The number of nitrogens with one attached hydrogen (secondary N) is 1. The Morgan fingerprint density at radius 2 is 2.16 bits per heavy atom. The molecule has 6 N–H and O–H groups in total. The summed E-state index contributed by atoms with van der Waals surface area (Å²) in [5.41, 5.74) is 12.4. The van der Waals surface area contributed by atoms with Gasteiger partial charge in [-0.3, -0.25) is 9.78 Å². The summed E-state index contributed by atoms with van der Waals surface area (Å²) in [5, 5.41) is 13.0. The number of primary amides is 1. The molecule has 7 nitrogen and oxygen atoms in total. The minimum absolute atomic E-state index is 0.00898. The lowest BCUT2D eigenvalue weighted by molar-refractivity contribution is -0.125. The van der Waals surface area contributed by atoms with Crippen LogP contribution < -0.4 is 16.8 Å². The van der Waals surface area contributed by atoms with Crippen LogP contribution in [0.15, 0.2) is 24.5 Å². The number of hydrogen-bond donors (Lipinski definition) is 4. The van der Waals surface area contributed by atoms with Gasteiger partial charge in [0, 0.05) is 12.4 Å². The Kier molecular flexibility index (Phi) is 3.93. The third kappa shape index (κ3) is 2.98. The molecule has 0 bridgehead atoms. The minimum atomic E-state index is -1.26. The normalized spacial score (nSPS) is 12.1. The molecule has 19 heavy (non-hydrogen) atoms. The molecule has 2 rings (SSSR count). The second-order valence-electron chi connectivity index (χ2n) is 3.81. The largest absolute Gasteiger partial charge is 0.382 e. The predicted octanol–water partition coefficient (Wildman–Crippen LogP) is 0.0454. The lowest BCUT2D eigenvalue weighted by Crippen LogP contribution is -2.34. The predicted molar refractivity (Wildman–Crippen MR) is 73.4 cm³/mol. The maximum absolute atomic E-state index is 10.8. The number of hydrogen-bond acceptors (Lipinski definition) is 7. The second-order valence-corrected chi connectivity index (χ2v) is 4.58. The van der Waals surface area contributed by atoms with Crippen LogP contribution in [0, 0.1) is 0 Å². The molecule has 2 aromatic rings.